The summed E-state index contributed by atoms with van der Waals surface area (Å²) in [5.74, 6) is 2.44. The quantitative estimate of drug-likeness (QED) is 0.748. The van der Waals surface area contributed by atoms with Crippen LogP contribution in [0, 0.1) is 0 Å². The Morgan fingerprint density at radius 1 is 1.62 bits per heavy atom. The van der Waals surface area contributed by atoms with E-state index in [0.717, 1.165) is 18.7 Å². The number of nitrogens with one attached hydrogen (secondary N) is 2. The van der Waals surface area contributed by atoms with Gasteiger partial charge in [-0.3, -0.25) is 4.79 Å². The van der Waals surface area contributed by atoms with Gasteiger partial charge in [0.2, 0.25) is 5.91 Å². The molecule has 3 nitrogen and oxygen atoms in total. The lowest BCUT2D eigenvalue weighted by atomic mass is 10.1. The van der Waals surface area contributed by atoms with Gasteiger partial charge in [-0.05, 0) is 13.3 Å². The van der Waals surface area contributed by atoms with Crippen molar-refractivity contribution < 1.29 is 4.79 Å². The summed E-state index contributed by atoms with van der Waals surface area (Å²) >= 11 is 1.94. The van der Waals surface area contributed by atoms with Gasteiger partial charge in [0.25, 0.3) is 0 Å². The Bertz CT molecular complexity index is 205. The van der Waals surface area contributed by atoms with Crippen LogP contribution >= 0.6 is 11.8 Å². The lowest BCUT2D eigenvalue weighted by Crippen LogP contribution is -2.43. The number of unbranched alkanes of at least 4 members (excludes halogenated alkanes) is 1. The minimum atomic E-state index is 0.198. The average Bonchev–Trinajstić information content (AvgIpc) is 2.27. The Morgan fingerprint density at radius 2 is 2.44 bits per heavy atom. The molecule has 0 aromatic carbocycles. The molecule has 1 fully saturated rings. The standard InChI is InChI=1S/C12H24N2OS/c1-3-4-5-10(2)14-12(15)8-11-9-16-7-6-13-11/h10-11,13H,3-9H2,1-2H3,(H,14,15). The Labute approximate surface area is 103 Å². The third-order valence-electron chi connectivity index (χ3n) is 2.83. The summed E-state index contributed by atoms with van der Waals surface area (Å²) in [5, 5.41) is 6.46. The molecule has 0 aromatic rings. The number of hydrogen-bond acceptors (Lipinski definition) is 3. The van der Waals surface area contributed by atoms with Gasteiger partial charge in [-0.15, -0.1) is 0 Å². The van der Waals surface area contributed by atoms with Gasteiger partial charge in [-0.25, -0.2) is 0 Å². The molecular weight excluding hydrogens is 220 g/mol. The first-order chi connectivity index (χ1) is 7.72. The molecule has 4 heteroatoms. The van der Waals surface area contributed by atoms with Crippen molar-refractivity contribution in [3.05, 3.63) is 0 Å². The molecule has 0 spiro atoms. The maximum atomic E-state index is 11.7. The van der Waals surface area contributed by atoms with Gasteiger partial charge in [-0.2, -0.15) is 11.8 Å². The molecule has 94 valence electrons. The Kier molecular flexibility index (Phi) is 6.88. The van der Waals surface area contributed by atoms with Crippen LogP contribution < -0.4 is 10.6 Å². The number of hydrogen-bond donors (Lipinski definition) is 2. The fourth-order valence-corrected chi connectivity index (χ4v) is 2.84. The van der Waals surface area contributed by atoms with Crippen molar-refractivity contribution >= 4 is 17.7 Å². The molecule has 0 aliphatic carbocycles. The van der Waals surface area contributed by atoms with Gasteiger partial charge < -0.3 is 10.6 Å². The normalized spacial score (nSPS) is 22.8. The van der Waals surface area contributed by atoms with Crippen LogP contribution in [0.1, 0.15) is 39.5 Å². The SMILES string of the molecule is CCCCC(C)NC(=O)CC1CSCCN1. The van der Waals surface area contributed by atoms with Crippen molar-refractivity contribution in [1.82, 2.24) is 10.6 Å². The highest BCUT2D eigenvalue weighted by molar-refractivity contribution is 7.99. The molecule has 1 saturated heterocycles. The van der Waals surface area contributed by atoms with Gasteiger partial charge in [-0.1, -0.05) is 19.8 Å². The van der Waals surface area contributed by atoms with E-state index in [-0.39, 0.29) is 5.91 Å². The molecule has 1 aliphatic heterocycles. The zero-order valence-corrected chi connectivity index (χ0v) is 11.2. The van der Waals surface area contributed by atoms with Crippen molar-refractivity contribution in [3.8, 4) is 0 Å². The van der Waals surface area contributed by atoms with E-state index in [1.54, 1.807) is 0 Å². The Hall–Kier alpha value is -0.220. The second-order valence-electron chi connectivity index (χ2n) is 4.54. The number of thioether (sulfide) groups is 1. The second kappa shape index (κ2) is 7.96. The summed E-state index contributed by atoms with van der Waals surface area (Å²) in [6.45, 7) is 5.31. The zero-order valence-electron chi connectivity index (χ0n) is 10.4. The lowest BCUT2D eigenvalue weighted by molar-refractivity contribution is -0.122. The molecule has 2 unspecified atom stereocenters. The minimum Gasteiger partial charge on any atom is -0.354 e. The summed E-state index contributed by atoms with van der Waals surface area (Å²) < 4.78 is 0. The van der Waals surface area contributed by atoms with Crippen LogP contribution in [0.3, 0.4) is 0 Å². The van der Waals surface area contributed by atoms with Crippen molar-refractivity contribution in [2.45, 2.75) is 51.6 Å². The molecule has 2 N–H and O–H groups in total. The highest BCUT2D eigenvalue weighted by Crippen LogP contribution is 2.10. The van der Waals surface area contributed by atoms with Crippen molar-refractivity contribution in [2.75, 3.05) is 18.1 Å². The van der Waals surface area contributed by atoms with E-state index in [4.69, 9.17) is 0 Å². The fraction of sp³-hybridized carbons (Fsp3) is 0.917. The van der Waals surface area contributed by atoms with E-state index in [9.17, 15) is 4.79 Å². The maximum absolute atomic E-state index is 11.7. The highest BCUT2D eigenvalue weighted by Gasteiger charge is 2.17. The molecule has 1 aliphatic rings. The summed E-state index contributed by atoms with van der Waals surface area (Å²) in [5.41, 5.74) is 0. The van der Waals surface area contributed by atoms with Crippen LogP contribution in [0.5, 0.6) is 0 Å². The van der Waals surface area contributed by atoms with E-state index in [1.807, 2.05) is 11.8 Å². The van der Waals surface area contributed by atoms with E-state index in [2.05, 4.69) is 24.5 Å². The summed E-state index contributed by atoms with van der Waals surface area (Å²) in [7, 11) is 0. The van der Waals surface area contributed by atoms with Gasteiger partial charge in [0.05, 0.1) is 0 Å². The highest BCUT2D eigenvalue weighted by atomic mass is 32.2. The van der Waals surface area contributed by atoms with Gasteiger partial charge in [0.1, 0.15) is 0 Å². The minimum absolute atomic E-state index is 0.198. The third-order valence-corrected chi connectivity index (χ3v) is 3.96. The average molecular weight is 244 g/mol. The van der Waals surface area contributed by atoms with E-state index < -0.39 is 0 Å². The monoisotopic (exact) mass is 244 g/mol. The first kappa shape index (κ1) is 13.8. The molecule has 2 atom stereocenters. The van der Waals surface area contributed by atoms with Crippen LogP contribution in [0.15, 0.2) is 0 Å². The molecule has 0 saturated carbocycles. The van der Waals surface area contributed by atoms with E-state index >= 15 is 0 Å². The number of amides is 1. The molecule has 1 rings (SSSR count). The summed E-state index contributed by atoms with van der Waals surface area (Å²) in [6.07, 6.45) is 4.11. The molecule has 16 heavy (non-hydrogen) atoms. The van der Waals surface area contributed by atoms with Gasteiger partial charge in [0, 0.05) is 36.6 Å². The largest absolute Gasteiger partial charge is 0.354 e. The molecule has 0 bridgehead atoms. The maximum Gasteiger partial charge on any atom is 0.221 e. The number of carbonyl (C=O) groups is 1. The lowest BCUT2D eigenvalue weighted by Gasteiger charge is -2.23. The van der Waals surface area contributed by atoms with Crippen molar-refractivity contribution in [2.24, 2.45) is 0 Å². The van der Waals surface area contributed by atoms with E-state index in [1.165, 1.54) is 18.6 Å². The second-order valence-corrected chi connectivity index (χ2v) is 5.69. The smallest absolute Gasteiger partial charge is 0.221 e. The van der Waals surface area contributed by atoms with Crippen LogP contribution in [0.4, 0.5) is 0 Å². The summed E-state index contributed by atoms with van der Waals surface area (Å²) in [6, 6.07) is 0.695. The van der Waals surface area contributed by atoms with E-state index in [0.29, 0.717) is 18.5 Å². The molecule has 1 amide bonds. The van der Waals surface area contributed by atoms with Crippen molar-refractivity contribution in [1.29, 1.82) is 0 Å². The predicted molar refractivity (Wildman–Crippen MR) is 70.9 cm³/mol. The zero-order chi connectivity index (χ0) is 11.8. The Balaban J connectivity index is 2.13. The predicted octanol–water partition coefficient (Wildman–Crippen LogP) is 1.78. The molecular formula is C12H24N2OS. The van der Waals surface area contributed by atoms with Crippen LogP contribution in [-0.2, 0) is 4.79 Å². The Morgan fingerprint density at radius 3 is 3.06 bits per heavy atom. The van der Waals surface area contributed by atoms with Crippen LogP contribution in [0.2, 0.25) is 0 Å². The van der Waals surface area contributed by atoms with Crippen LogP contribution in [-0.4, -0.2) is 36.0 Å². The third kappa shape index (κ3) is 5.75. The fourth-order valence-electron chi connectivity index (χ4n) is 1.89. The van der Waals surface area contributed by atoms with Crippen molar-refractivity contribution in [3.63, 3.8) is 0 Å². The summed E-state index contributed by atoms with van der Waals surface area (Å²) in [4.78, 5) is 11.7. The topological polar surface area (TPSA) is 41.1 Å². The molecule has 0 aromatic heterocycles. The van der Waals surface area contributed by atoms with Gasteiger partial charge in [0.15, 0.2) is 0 Å². The first-order valence-electron chi connectivity index (χ1n) is 6.33. The van der Waals surface area contributed by atoms with Crippen LogP contribution in [0.25, 0.3) is 0 Å². The molecule has 0 radical (unpaired) electrons. The number of carbonyl (C=O) groups excluding carboxylic acids is 1. The van der Waals surface area contributed by atoms with Gasteiger partial charge >= 0.3 is 0 Å². The molecule has 1 heterocycles. The first-order valence-corrected chi connectivity index (χ1v) is 7.48. The number of rotatable bonds is 6.